The first kappa shape index (κ1) is 28.5. The molecule has 3 rings (SSSR count). The van der Waals surface area contributed by atoms with E-state index in [1.54, 1.807) is 0 Å². The zero-order valence-corrected chi connectivity index (χ0v) is 21.7. The molecule has 202 valence electrons. The number of ether oxygens (including phenoxy) is 2. The second-order valence-corrected chi connectivity index (χ2v) is 11.3. The van der Waals surface area contributed by atoms with Gasteiger partial charge in [0, 0.05) is 31.6 Å². The van der Waals surface area contributed by atoms with E-state index in [1.165, 1.54) is 12.1 Å². The largest absolute Gasteiger partial charge is 0.444 e. The van der Waals surface area contributed by atoms with Gasteiger partial charge in [0.05, 0.1) is 35.2 Å². The van der Waals surface area contributed by atoms with Crippen LogP contribution < -0.4 is 5.32 Å². The number of aliphatic hydroxyl groups is 1. The van der Waals surface area contributed by atoms with Crippen molar-refractivity contribution in [2.75, 3.05) is 26.3 Å². The van der Waals surface area contributed by atoms with E-state index in [-0.39, 0.29) is 42.1 Å². The Morgan fingerprint density at radius 1 is 1.19 bits per heavy atom. The molecule has 0 radical (unpaired) electrons. The maximum Gasteiger partial charge on any atom is 0.407 e. The smallest absolute Gasteiger partial charge is 0.407 e. The molecule has 1 heterocycles. The van der Waals surface area contributed by atoms with Crippen molar-refractivity contribution in [3.8, 4) is 0 Å². The fraction of sp³-hybridized carbons (Fsp3) is 0.480. The number of hydrogen-bond acceptors (Lipinski definition) is 8. The standard InChI is InChI=1S/C25H33N3O8S/c1-18(2)15-27(37(33,34)22-10-8-20(9-11-22)28(31)32)16-24(29)23(14-19-6-4-3-5-7-19)26-25(30)36-21-12-13-35-17-21/h3-11,18,21,23-24,29H,12-17H2,1-2H3,(H,26,30)/t21-,23+,24-/m1/s1. The normalized spacial score (nSPS) is 17.5. The summed E-state index contributed by atoms with van der Waals surface area (Å²) in [7, 11) is -4.10. The van der Waals surface area contributed by atoms with Crippen molar-refractivity contribution in [1.82, 2.24) is 9.62 Å². The van der Waals surface area contributed by atoms with E-state index >= 15 is 0 Å². The van der Waals surface area contributed by atoms with Gasteiger partial charge in [-0.2, -0.15) is 4.31 Å². The van der Waals surface area contributed by atoms with Gasteiger partial charge in [-0.3, -0.25) is 10.1 Å². The van der Waals surface area contributed by atoms with Crippen molar-refractivity contribution in [3.63, 3.8) is 0 Å². The Balaban J connectivity index is 1.81. The van der Waals surface area contributed by atoms with Crippen molar-refractivity contribution in [1.29, 1.82) is 0 Å². The molecule has 0 aromatic heterocycles. The predicted octanol–water partition coefficient (Wildman–Crippen LogP) is 2.73. The number of nitrogens with zero attached hydrogens (tertiary/aromatic N) is 2. The predicted molar refractivity (Wildman–Crippen MR) is 135 cm³/mol. The van der Waals surface area contributed by atoms with Gasteiger partial charge in [0.25, 0.3) is 5.69 Å². The number of hydrogen-bond donors (Lipinski definition) is 2. The van der Waals surface area contributed by atoms with Gasteiger partial charge in [-0.25, -0.2) is 13.2 Å². The van der Waals surface area contributed by atoms with E-state index in [4.69, 9.17) is 9.47 Å². The summed E-state index contributed by atoms with van der Waals surface area (Å²) < 4.78 is 38.6. The molecule has 0 aliphatic carbocycles. The van der Waals surface area contributed by atoms with Gasteiger partial charge < -0.3 is 19.9 Å². The molecule has 1 aliphatic heterocycles. The molecule has 2 aromatic rings. The Morgan fingerprint density at radius 2 is 1.86 bits per heavy atom. The highest BCUT2D eigenvalue weighted by Crippen LogP contribution is 2.22. The summed E-state index contributed by atoms with van der Waals surface area (Å²) in [5.74, 6) is -0.0760. The Labute approximate surface area is 216 Å². The lowest BCUT2D eigenvalue weighted by Gasteiger charge is -2.30. The SMILES string of the molecule is CC(C)CN(C[C@@H](O)[C@H](Cc1ccccc1)NC(=O)O[C@@H]1CCOC1)S(=O)(=O)c1ccc([N+](=O)[O-])cc1. The minimum Gasteiger partial charge on any atom is -0.444 e. The molecule has 11 nitrogen and oxygen atoms in total. The molecule has 12 heteroatoms. The number of aliphatic hydroxyl groups excluding tert-OH is 1. The summed E-state index contributed by atoms with van der Waals surface area (Å²) in [4.78, 5) is 22.8. The molecule has 1 fully saturated rings. The minimum atomic E-state index is -4.10. The van der Waals surface area contributed by atoms with Crippen LogP contribution in [0, 0.1) is 16.0 Å². The molecule has 2 aromatic carbocycles. The van der Waals surface area contributed by atoms with Gasteiger partial charge in [-0.1, -0.05) is 44.2 Å². The van der Waals surface area contributed by atoms with Gasteiger partial charge in [0.15, 0.2) is 0 Å². The third kappa shape index (κ3) is 8.22. The molecule has 1 aliphatic rings. The van der Waals surface area contributed by atoms with Crippen LogP contribution in [0.25, 0.3) is 0 Å². The highest BCUT2D eigenvalue weighted by molar-refractivity contribution is 7.89. The summed E-state index contributed by atoms with van der Waals surface area (Å²) in [6.45, 7) is 4.27. The van der Waals surface area contributed by atoms with Crippen molar-refractivity contribution in [2.45, 2.75) is 49.8 Å². The summed E-state index contributed by atoms with van der Waals surface area (Å²) in [5, 5.41) is 24.9. The summed E-state index contributed by atoms with van der Waals surface area (Å²) in [6, 6.07) is 12.9. The number of non-ortho nitro benzene ring substituents is 1. The first-order valence-electron chi connectivity index (χ1n) is 12.1. The van der Waals surface area contributed by atoms with E-state index in [0.717, 1.165) is 22.0 Å². The van der Waals surface area contributed by atoms with Crippen LogP contribution in [0.2, 0.25) is 0 Å². The quantitative estimate of drug-likeness (QED) is 0.311. The van der Waals surface area contributed by atoms with Gasteiger partial charge in [-0.15, -0.1) is 0 Å². The lowest BCUT2D eigenvalue weighted by atomic mass is 10.0. The number of sulfonamides is 1. The van der Waals surface area contributed by atoms with Crippen molar-refractivity contribution in [3.05, 3.63) is 70.3 Å². The zero-order valence-electron chi connectivity index (χ0n) is 20.9. The first-order chi connectivity index (χ1) is 17.6. The number of carbonyl (C=O) groups is 1. The molecule has 0 unspecified atom stereocenters. The number of alkyl carbamates (subject to hydrolysis) is 1. The maximum atomic E-state index is 13.4. The van der Waals surface area contributed by atoms with Crippen molar-refractivity contribution >= 4 is 21.8 Å². The average molecular weight is 536 g/mol. The lowest BCUT2D eigenvalue weighted by molar-refractivity contribution is -0.384. The van der Waals surface area contributed by atoms with E-state index < -0.39 is 33.2 Å². The summed E-state index contributed by atoms with van der Waals surface area (Å²) in [5.41, 5.74) is 0.609. The van der Waals surface area contributed by atoms with E-state index in [0.29, 0.717) is 19.6 Å². The Hall–Kier alpha value is -3.06. The molecular weight excluding hydrogens is 502 g/mol. The molecule has 2 N–H and O–H groups in total. The molecule has 3 atom stereocenters. The second kappa shape index (κ2) is 13.0. The molecule has 37 heavy (non-hydrogen) atoms. The fourth-order valence-electron chi connectivity index (χ4n) is 4.00. The number of nitro groups is 1. The Kier molecular flexibility index (Phi) is 9.98. The number of carbonyl (C=O) groups excluding carboxylic acids is 1. The van der Waals surface area contributed by atoms with E-state index in [1.807, 2.05) is 44.2 Å². The lowest BCUT2D eigenvalue weighted by Crippen LogP contribution is -2.51. The number of benzene rings is 2. The van der Waals surface area contributed by atoms with Crippen LogP contribution in [-0.2, 0) is 25.9 Å². The van der Waals surface area contributed by atoms with Crippen LogP contribution in [0.15, 0.2) is 59.5 Å². The number of nitro benzene ring substituents is 1. The molecular formula is C25H33N3O8S. The molecule has 1 saturated heterocycles. The Morgan fingerprint density at radius 3 is 2.43 bits per heavy atom. The topological polar surface area (TPSA) is 148 Å². The fourth-order valence-corrected chi connectivity index (χ4v) is 5.62. The van der Waals surface area contributed by atoms with Crippen molar-refractivity contribution in [2.24, 2.45) is 5.92 Å². The Bertz CT molecular complexity index is 1140. The first-order valence-corrected chi connectivity index (χ1v) is 13.5. The number of nitrogens with one attached hydrogen (secondary N) is 1. The van der Waals surface area contributed by atoms with Crippen LogP contribution in [0.4, 0.5) is 10.5 Å². The molecule has 0 saturated carbocycles. The molecule has 0 bridgehead atoms. The van der Waals surface area contributed by atoms with Crippen LogP contribution in [0.5, 0.6) is 0 Å². The monoisotopic (exact) mass is 535 g/mol. The number of rotatable bonds is 12. The minimum absolute atomic E-state index is 0.0760. The highest BCUT2D eigenvalue weighted by Gasteiger charge is 2.32. The third-order valence-corrected chi connectivity index (χ3v) is 7.72. The van der Waals surface area contributed by atoms with Gasteiger partial charge in [0.1, 0.15) is 6.10 Å². The molecule has 0 spiro atoms. The molecule has 1 amide bonds. The third-order valence-electron chi connectivity index (χ3n) is 5.87. The van der Waals surface area contributed by atoms with E-state index in [2.05, 4.69) is 5.32 Å². The number of amides is 1. The van der Waals surface area contributed by atoms with Gasteiger partial charge in [0.2, 0.25) is 10.0 Å². The van der Waals surface area contributed by atoms with Crippen LogP contribution in [0.1, 0.15) is 25.8 Å². The van der Waals surface area contributed by atoms with E-state index in [9.17, 15) is 28.4 Å². The van der Waals surface area contributed by atoms with Crippen LogP contribution in [-0.4, -0.2) is 73.4 Å². The van der Waals surface area contributed by atoms with Crippen LogP contribution in [0.3, 0.4) is 0 Å². The van der Waals surface area contributed by atoms with Gasteiger partial charge >= 0.3 is 6.09 Å². The maximum absolute atomic E-state index is 13.4. The van der Waals surface area contributed by atoms with Crippen LogP contribution >= 0.6 is 0 Å². The second-order valence-electron chi connectivity index (χ2n) is 9.37. The van der Waals surface area contributed by atoms with Crippen molar-refractivity contribution < 1.29 is 32.7 Å². The average Bonchev–Trinajstić information content (AvgIpc) is 3.36. The summed E-state index contributed by atoms with van der Waals surface area (Å²) in [6.07, 6.45) is -1.56. The van der Waals surface area contributed by atoms with Gasteiger partial charge in [-0.05, 0) is 30.0 Å². The summed E-state index contributed by atoms with van der Waals surface area (Å²) >= 11 is 0. The zero-order chi connectivity index (χ0) is 27.0. The highest BCUT2D eigenvalue weighted by atomic mass is 32.2.